The number of aryl methyl sites for hydroxylation is 2. The van der Waals surface area contributed by atoms with Crippen LogP contribution in [0.1, 0.15) is 65.2 Å². The molecule has 2 aliphatic carbocycles. The van der Waals surface area contributed by atoms with Crippen LogP contribution in [-0.4, -0.2) is 51.0 Å². The molecule has 46 heavy (non-hydrogen) atoms. The summed E-state index contributed by atoms with van der Waals surface area (Å²) in [6.45, 7) is 2.01. The minimum atomic E-state index is -1.05. The lowest BCUT2D eigenvalue weighted by atomic mass is 9.82. The molecule has 0 aromatic heterocycles. The van der Waals surface area contributed by atoms with E-state index in [1.807, 2.05) is 67.6 Å². The van der Waals surface area contributed by atoms with E-state index in [0.29, 0.717) is 25.7 Å². The topological polar surface area (TPSA) is 105 Å². The largest absolute Gasteiger partial charge is 0.391 e. The first kappa shape index (κ1) is 32.6. The summed E-state index contributed by atoms with van der Waals surface area (Å²) in [5.41, 5.74) is 6.66. The van der Waals surface area contributed by atoms with Crippen LogP contribution in [0.2, 0.25) is 0 Å². The fourth-order valence-electron chi connectivity index (χ4n) is 7.54. The van der Waals surface area contributed by atoms with Crippen molar-refractivity contribution in [1.29, 1.82) is 0 Å². The monoisotopic (exact) mass is 620 g/mol. The van der Waals surface area contributed by atoms with E-state index in [9.17, 15) is 20.4 Å². The smallest absolute Gasteiger partial charge is 0.0857 e. The third-order valence-corrected chi connectivity index (χ3v) is 10.3. The maximum Gasteiger partial charge on any atom is 0.0857 e. The Kier molecular flexibility index (Phi) is 10.6. The quantitative estimate of drug-likeness (QED) is 0.110. The highest BCUT2D eigenvalue weighted by atomic mass is 16.3. The summed E-state index contributed by atoms with van der Waals surface area (Å²) in [4.78, 5) is 0. The van der Waals surface area contributed by atoms with E-state index in [4.69, 9.17) is 0 Å². The van der Waals surface area contributed by atoms with Crippen molar-refractivity contribution in [2.75, 3.05) is 0 Å². The molecule has 6 nitrogen and oxygen atoms in total. The molecule has 6 rings (SSSR count). The van der Waals surface area contributed by atoms with Gasteiger partial charge in [-0.1, -0.05) is 116 Å². The van der Waals surface area contributed by atoms with Crippen LogP contribution in [-0.2, 0) is 25.7 Å². The highest BCUT2D eigenvalue weighted by Gasteiger charge is 2.42. The fourth-order valence-corrected chi connectivity index (χ4v) is 7.54. The van der Waals surface area contributed by atoms with Crippen molar-refractivity contribution >= 4 is 0 Å². The Balaban J connectivity index is 1.31. The molecule has 0 radical (unpaired) electrons. The molecule has 4 aromatic rings. The molecular weight excluding hydrogens is 572 g/mol. The average molecular weight is 621 g/mol. The minimum absolute atomic E-state index is 0.148. The Morgan fingerprint density at radius 1 is 0.587 bits per heavy atom. The lowest BCUT2D eigenvalue weighted by Gasteiger charge is -2.40. The van der Waals surface area contributed by atoms with Crippen LogP contribution in [0, 0.1) is 11.8 Å². The Bertz CT molecular complexity index is 1470. The van der Waals surface area contributed by atoms with E-state index in [0.717, 1.165) is 40.7 Å². The number of aliphatic hydroxyl groups excluding tert-OH is 4. The van der Waals surface area contributed by atoms with Crippen molar-refractivity contribution in [3.63, 3.8) is 0 Å². The Labute approximate surface area is 273 Å². The van der Waals surface area contributed by atoms with Gasteiger partial charge in [0, 0.05) is 18.8 Å². The summed E-state index contributed by atoms with van der Waals surface area (Å²) < 4.78 is 0. The molecule has 0 heterocycles. The van der Waals surface area contributed by atoms with Gasteiger partial charge in [-0.15, -0.1) is 0 Å². The average Bonchev–Trinajstić information content (AvgIpc) is 3.58. The Morgan fingerprint density at radius 2 is 1.02 bits per heavy atom. The summed E-state index contributed by atoms with van der Waals surface area (Å²) >= 11 is 0. The van der Waals surface area contributed by atoms with Crippen molar-refractivity contribution in [1.82, 2.24) is 10.6 Å². The first-order valence-electron chi connectivity index (χ1n) is 16.9. The summed E-state index contributed by atoms with van der Waals surface area (Å²) in [5, 5.41) is 53.8. The molecule has 242 valence electrons. The zero-order valence-corrected chi connectivity index (χ0v) is 26.6. The van der Waals surface area contributed by atoms with Crippen molar-refractivity contribution in [2.45, 2.75) is 88.1 Å². The van der Waals surface area contributed by atoms with E-state index in [2.05, 4.69) is 59.2 Å². The van der Waals surface area contributed by atoms with Gasteiger partial charge < -0.3 is 20.4 Å². The van der Waals surface area contributed by atoms with Crippen molar-refractivity contribution in [3.05, 3.63) is 143 Å². The molecule has 0 unspecified atom stereocenters. The maximum atomic E-state index is 12.1. The van der Waals surface area contributed by atoms with E-state index in [1.165, 1.54) is 5.56 Å². The van der Waals surface area contributed by atoms with Crippen LogP contribution in [0.5, 0.6) is 0 Å². The molecule has 0 amide bonds. The Morgan fingerprint density at radius 3 is 1.52 bits per heavy atom. The standard InChI is InChI=1S/C40H48N2O4/c1-26(20-21-27-12-4-2-5-13-27)38(45)39(46)33(23-22-28-14-6-3-7-15-28)40(41-36-31-18-10-8-16-29(31)24-34(36)43)42-37-32-19-11-9-17-30(32)25-35(37)44/h2-19,26,33-46H,20-25H2,1H3/t26-,33+,34-,35-,36+,37+,38-,39-/m1/s1. The molecule has 0 aliphatic heterocycles. The molecule has 6 heteroatoms. The van der Waals surface area contributed by atoms with Crippen molar-refractivity contribution in [2.24, 2.45) is 11.8 Å². The van der Waals surface area contributed by atoms with Crippen LogP contribution in [0.3, 0.4) is 0 Å². The summed E-state index contributed by atoms with van der Waals surface area (Å²) in [5.74, 6) is -0.583. The molecule has 2 aliphatic rings. The van der Waals surface area contributed by atoms with E-state index in [1.54, 1.807) is 0 Å². The van der Waals surface area contributed by atoms with E-state index >= 15 is 0 Å². The van der Waals surface area contributed by atoms with Gasteiger partial charge in [0.25, 0.3) is 0 Å². The van der Waals surface area contributed by atoms with Gasteiger partial charge in [0.2, 0.25) is 0 Å². The fraction of sp³-hybridized carbons (Fsp3) is 0.400. The zero-order valence-electron chi connectivity index (χ0n) is 26.6. The third kappa shape index (κ3) is 7.44. The molecule has 0 saturated carbocycles. The molecule has 0 spiro atoms. The van der Waals surface area contributed by atoms with Crippen molar-refractivity contribution in [3.8, 4) is 0 Å². The predicted octanol–water partition coefficient (Wildman–Crippen LogP) is 5.05. The normalized spacial score (nSPS) is 23.1. The molecule has 6 N–H and O–H groups in total. The predicted molar refractivity (Wildman–Crippen MR) is 182 cm³/mol. The lowest BCUT2D eigenvalue weighted by Crippen LogP contribution is -2.57. The SMILES string of the molecule is C[C@H](CCc1ccccc1)[C@@H](O)[C@H](O)[C@H](CCc1ccccc1)C(N[C@H]1c2ccccc2C[C@H]1O)N[C@H]1c2ccccc2C[C@H]1O. The second-order valence-electron chi connectivity index (χ2n) is 13.4. The van der Waals surface area contributed by atoms with Crippen LogP contribution in [0.25, 0.3) is 0 Å². The number of fused-ring (bicyclic) bond motifs is 2. The first-order chi connectivity index (χ1) is 22.4. The van der Waals surface area contributed by atoms with Gasteiger partial charge in [-0.05, 0) is 65.0 Å². The van der Waals surface area contributed by atoms with Gasteiger partial charge in [-0.25, -0.2) is 0 Å². The molecule has 0 saturated heterocycles. The molecule has 0 bridgehead atoms. The highest BCUT2D eigenvalue weighted by molar-refractivity contribution is 5.38. The van der Waals surface area contributed by atoms with Crippen molar-refractivity contribution < 1.29 is 20.4 Å². The molecule has 4 aromatic carbocycles. The van der Waals surface area contributed by atoms with Gasteiger partial charge >= 0.3 is 0 Å². The second kappa shape index (κ2) is 15.0. The number of rotatable bonds is 14. The number of nitrogens with one attached hydrogen (secondary N) is 2. The molecular formula is C40H48N2O4. The minimum Gasteiger partial charge on any atom is -0.391 e. The highest BCUT2D eigenvalue weighted by Crippen LogP contribution is 2.36. The lowest BCUT2D eigenvalue weighted by molar-refractivity contribution is -0.0636. The zero-order chi connectivity index (χ0) is 32.0. The first-order valence-corrected chi connectivity index (χ1v) is 16.9. The van der Waals surface area contributed by atoms with Gasteiger partial charge in [0.05, 0.1) is 42.7 Å². The van der Waals surface area contributed by atoms with Crippen LogP contribution in [0.15, 0.2) is 109 Å². The Hall–Kier alpha value is -3.36. The number of benzene rings is 4. The summed E-state index contributed by atoms with van der Waals surface area (Å²) in [6, 6.07) is 35.9. The van der Waals surface area contributed by atoms with E-state index < -0.39 is 36.5 Å². The van der Waals surface area contributed by atoms with Crippen LogP contribution >= 0.6 is 0 Å². The summed E-state index contributed by atoms with van der Waals surface area (Å²) in [7, 11) is 0. The molecule has 0 fully saturated rings. The number of hydrogen-bond donors (Lipinski definition) is 6. The number of hydrogen-bond acceptors (Lipinski definition) is 6. The maximum absolute atomic E-state index is 12.1. The number of aliphatic hydroxyl groups is 4. The molecule has 8 atom stereocenters. The van der Waals surface area contributed by atoms with Gasteiger partial charge in [0.1, 0.15) is 0 Å². The third-order valence-electron chi connectivity index (χ3n) is 10.3. The van der Waals surface area contributed by atoms with Crippen LogP contribution < -0.4 is 10.6 Å². The van der Waals surface area contributed by atoms with Gasteiger partial charge in [0.15, 0.2) is 0 Å². The second-order valence-corrected chi connectivity index (χ2v) is 13.4. The van der Waals surface area contributed by atoms with Crippen LogP contribution in [0.4, 0.5) is 0 Å². The van der Waals surface area contributed by atoms with E-state index in [-0.39, 0.29) is 18.0 Å². The summed E-state index contributed by atoms with van der Waals surface area (Å²) in [6.07, 6.45) is 0.143. The van der Waals surface area contributed by atoms with Gasteiger partial charge in [-0.3, -0.25) is 10.6 Å². The van der Waals surface area contributed by atoms with Gasteiger partial charge in [-0.2, -0.15) is 0 Å².